The zero-order valence-electron chi connectivity index (χ0n) is 11.0. The lowest BCUT2D eigenvalue weighted by molar-refractivity contribution is 0.288. The molecule has 0 radical (unpaired) electrons. The molecule has 0 saturated carbocycles. The summed E-state index contributed by atoms with van der Waals surface area (Å²) in [5, 5.41) is 20.7. The minimum Gasteiger partial charge on any atom is -0.493 e. The van der Waals surface area contributed by atoms with Gasteiger partial charge in [-0.3, -0.25) is 0 Å². The van der Waals surface area contributed by atoms with Crippen molar-refractivity contribution in [3.8, 4) is 5.75 Å². The van der Waals surface area contributed by atoms with Crippen molar-refractivity contribution in [2.75, 3.05) is 19.0 Å². The molecule has 0 aliphatic heterocycles. The Morgan fingerprint density at radius 1 is 1.42 bits per heavy atom. The van der Waals surface area contributed by atoms with Crippen LogP contribution in [-0.4, -0.2) is 40.4 Å². The first kappa shape index (κ1) is 15.7. The lowest BCUT2D eigenvalue weighted by Crippen LogP contribution is -2.12. The molecule has 5 nitrogen and oxygen atoms in total. The van der Waals surface area contributed by atoms with Gasteiger partial charge < -0.3 is 20.8 Å². The van der Waals surface area contributed by atoms with Crippen LogP contribution in [0.15, 0.2) is 29.4 Å². The molecule has 0 heterocycles. The van der Waals surface area contributed by atoms with E-state index in [-0.39, 0.29) is 12.4 Å². The third-order valence-corrected chi connectivity index (χ3v) is 3.75. The highest BCUT2D eigenvalue weighted by molar-refractivity contribution is 7.99. The molecular formula is C13H20N2O3S. The Hall–Kier alpha value is -1.40. The first-order chi connectivity index (χ1) is 9.17. The molecule has 1 aromatic rings. The molecule has 1 aromatic carbocycles. The van der Waals surface area contributed by atoms with Gasteiger partial charge in [-0.05, 0) is 30.7 Å². The number of nitrogens with two attached hydrogens (primary N) is 1. The monoisotopic (exact) mass is 284 g/mol. The zero-order chi connectivity index (χ0) is 14.1. The predicted molar refractivity (Wildman–Crippen MR) is 78.1 cm³/mol. The molecule has 0 aliphatic carbocycles. The van der Waals surface area contributed by atoms with E-state index in [0.717, 1.165) is 17.9 Å². The molecule has 19 heavy (non-hydrogen) atoms. The third-order valence-electron chi connectivity index (χ3n) is 2.55. The first-order valence-corrected chi connectivity index (χ1v) is 7.15. The fourth-order valence-corrected chi connectivity index (χ4v) is 2.31. The van der Waals surface area contributed by atoms with Gasteiger partial charge in [0.25, 0.3) is 0 Å². The van der Waals surface area contributed by atoms with Crippen molar-refractivity contribution in [2.45, 2.75) is 18.6 Å². The molecule has 0 saturated heterocycles. The lowest BCUT2D eigenvalue weighted by atomic mass is 10.2. The summed E-state index contributed by atoms with van der Waals surface area (Å²) in [6, 6.07) is 7.06. The summed E-state index contributed by atoms with van der Waals surface area (Å²) in [5.74, 6) is 1.72. The normalized spacial score (nSPS) is 13.3. The van der Waals surface area contributed by atoms with Crippen molar-refractivity contribution in [3.05, 3.63) is 29.8 Å². The highest BCUT2D eigenvalue weighted by Crippen LogP contribution is 2.15. The number of hydrogen-bond donors (Lipinski definition) is 3. The van der Waals surface area contributed by atoms with Gasteiger partial charge in [0.05, 0.1) is 6.61 Å². The predicted octanol–water partition coefficient (Wildman–Crippen LogP) is 1.66. The Morgan fingerprint density at radius 2 is 2.11 bits per heavy atom. The second-order valence-corrected chi connectivity index (χ2v) is 5.60. The number of ether oxygens (including phenoxy) is 1. The van der Waals surface area contributed by atoms with Crippen LogP contribution in [0.4, 0.5) is 0 Å². The van der Waals surface area contributed by atoms with E-state index < -0.39 is 0 Å². The number of amidine groups is 1. The summed E-state index contributed by atoms with van der Waals surface area (Å²) in [7, 11) is 0. The lowest BCUT2D eigenvalue weighted by Gasteiger charge is -2.10. The van der Waals surface area contributed by atoms with Crippen LogP contribution in [0.1, 0.15) is 18.9 Å². The molecule has 1 rings (SSSR count). The van der Waals surface area contributed by atoms with Crippen molar-refractivity contribution < 1.29 is 15.1 Å². The van der Waals surface area contributed by atoms with Gasteiger partial charge in [0, 0.05) is 23.2 Å². The fraction of sp³-hybridized carbons (Fsp3) is 0.462. The van der Waals surface area contributed by atoms with Gasteiger partial charge in [-0.1, -0.05) is 12.1 Å². The Balaban J connectivity index is 2.30. The van der Waals surface area contributed by atoms with Crippen molar-refractivity contribution in [2.24, 2.45) is 10.9 Å². The Morgan fingerprint density at radius 3 is 2.68 bits per heavy atom. The highest BCUT2D eigenvalue weighted by atomic mass is 32.2. The number of oxime groups is 1. The fourth-order valence-electron chi connectivity index (χ4n) is 1.45. The Bertz CT molecular complexity index is 395. The van der Waals surface area contributed by atoms with Crippen LogP contribution in [0.25, 0.3) is 0 Å². The molecule has 0 amide bonds. The summed E-state index contributed by atoms with van der Waals surface area (Å²) in [4.78, 5) is 0. The quantitative estimate of drug-likeness (QED) is 0.222. The first-order valence-electron chi connectivity index (χ1n) is 6.10. The van der Waals surface area contributed by atoms with Gasteiger partial charge in [-0.15, -0.1) is 0 Å². The smallest absolute Gasteiger partial charge is 0.170 e. The number of benzene rings is 1. The summed E-state index contributed by atoms with van der Waals surface area (Å²) < 4.78 is 5.58. The summed E-state index contributed by atoms with van der Waals surface area (Å²) >= 11 is 1.77. The standard InChI is InChI=1S/C13H20N2O3S/c1-10(6-7-16)19-9-8-18-12-4-2-11(3-5-12)13(14)15-17/h2-5,10,16-17H,6-9H2,1H3,(H2,14,15). The zero-order valence-corrected chi connectivity index (χ0v) is 11.8. The van der Waals surface area contributed by atoms with Crippen molar-refractivity contribution in [1.82, 2.24) is 0 Å². The summed E-state index contributed by atoms with van der Waals surface area (Å²) in [6.45, 7) is 2.93. The molecule has 106 valence electrons. The topological polar surface area (TPSA) is 88.1 Å². The SMILES string of the molecule is CC(CCO)SCCOc1ccc(C(N)=NO)cc1. The second kappa shape index (κ2) is 8.66. The van der Waals surface area contributed by atoms with E-state index in [1.54, 1.807) is 36.0 Å². The number of nitrogens with zero attached hydrogens (tertiary/aromatic N) is 1. The highest BCUT2D eigenvalue weighted by Gasteiger charge is 2.02. The minimum absolute atomic E-state index is 0.0833. The van der Waals surface area contributed by atoms with Crippen LogP contribution in [0.2, 0.25) is 0 Å². The number of aliphatic hydroxyl groups excluding tert-OH is 1. The largest absolute Gasteiger partial charge is 0.493 e. The molecule has 0 spiro atoms. The van der Waals surface area contributed by atoms with Gasteiger partial charge >= 0.3 is 0 Å². The van der Waals surface area contributed by atoms with Crippen LogP contribution in [0.3, 0.4) is 0 Å². The second-order valence-electron chi connectivity index (χ2n) is 4.05. The number of thioether (sulfide) groups is 1. The van der Waals surface area contributed by atoms with Crippen LogP contribution in [0, 0.1) is 0 Å². The molecule has 4 N–H and O–H groups in total. The van der Waals surface area contributed by atoms with Crippen molar-refractivity contribution in [3.63, 3.8) is 0 Å². The third kappa shape index (κ3) is 5.85. The van der Waals surface area contributed by atoms with E-state index in [2.05, 4.69) is 12.1 Å². The van der Waals surface area contributed by atoms with Gasteiger partial charge in [-0.25, -0.2) is 0 Å². The van der Waals surface area contributed by atoms with Crippen LogP contribution < -0.4 is 10.5 Å². The molecule has 0 fully saturated rings. The maximum Gasteiger partial charge on any atom is 0.170 e. The average molecular weight is 284 g/mol. The molecule has 1 atom stereocenters. The molecule has 1 unspecified atom stereocenters. The minimum atomic E-state index is 0.0833. The van der Waals surface area contributed by atoms with E-state index in [1.807, 2.05) is 0 Å². The van der Waals surface area contributed by atoms with Gasteiger partial charge in [0.1, 0.15) is 5.75 Å². The van der Waals surface area contributed by atoms with Crippen molar-refractivity contribution >= 4 is 17.6 Å². The molecule has 0 bridgehead atoms. The maximum absolute atomic E-state index is 8.78. The summed E-state index contributed by atoms with van der Waals surface area (Å²) in [6.07, 6.45) is 0.805. The van der Waals surface area contributed by atoms with E-state index in [4.69, 9.17) is 20.8 Å². The van der Waals surface area contributed by atoms with E-state index in [9.17, 15) is 0 Å². The van der Waals surface area contributed by atoms with E-state index in [1.165, 1.54) is 0 Å². The van der Waals surface area contributed by atoms with E-state index >= 15 is 0 Å². The van der Waals surface area contributed by atoms with Crippen molar-refractivity contribution in [1.29, 1.82) is 0 Å². The molecule has 0 aromatic heterocycles. The van der Waals surface area contributed by atoms with Crippen LogP contribution in [-0.2, 0) is 0 Å². The Kier molecular flexibility index (Phi) is 7.14. The van der Waals surface area contributed by atoms with Crippen LogP contribution >= 0.6 is 11.8 Å². The number of aliphatic hydroxyl groups is 1. The van der Waals surface area contributed by atoms with Gasteiger partial charge in [0.15, 0.2) is 5.84 Å². The Labute approximate surface area is 117 Å². The summed E-state index contributed by atoms with van der Waals surface area (Å²) in [5.41, 5.74) is 6.12. The number of hydrogen-bond acceptors (Lipinski definition) is 5. The van der Waals surface area contributed by atoms with E-state index in [0.29, 0.717) is 17.4 Å². The molecular weight excluding hydrogens is 264 g/mol. The average Bonchev–Trinajstić information content (AvgIpc) is 2.44. The molecule has 6 heteroatoms. The number of rotatable bonds is 8. The van der Waals surface area contributed by atoms with Gasteiger partial charge in [0.2, 0.25) is 0 Å². The maximum atomic E-state index is 8.78. The van der Waals surface area contributed by atoms with Gasteiger partial charge in [-0.2, -0.15) is 11.8 Å². The van der Waals surface area contributed by atoms with Crippen LogP contribution in [0.5, 0.6) is 5.75 Å². The molecule has 0 aliphatic rings.